The predicted molar refractivity (Wildman–Crippen MR) is 93.7 cm³/mol. The number of hydroxylamine groups is 1. The summed E-state index contributed by atoms with van der Waals surface area (Å²) in [5, 5.41) is 10.7. The zero-order chi connectivity index (χ0) is 17.1. The van der Waals surface area contributed by atoms with Gasteiger partial charge in [-0.05, 0) is 17.7 Å². The molecule has 2 N–H and O–H groups in total. The third-order valence-electron chi connectivity index (χ3n) is 3.63. The fraction of sp³-hybridized carbons (Fsp3) is 0.333. The second-order valence-corrected chi connectivity index (χ2v) is 7.03. The zero-order valence-corrected chi connectivity index (χ0v) is 14.9. The Hall–Kier alpha value is -1.38. The molecule has 3 rings (SSSR count). The number of halogens is 2. The minimum Gasteiger partial charge on any atom is -0.378 e. The largest absolute Gasteiger partial charge is 0.378 e. The maximum absolute atomic E-state index is 12.0. The summed E-state index contributed by atoms with van der Waals surface area (Å²) >= 11 is 13.2. The highest BCUT2D eigenvalue weighted by Gasteiger charge is 2.22. The molecule has 9 heteroatoms. The Bertz CT molecular complexity index is 748. The van der Waals surface area contributed by atoms with Crippen molar-refractivity contribution in [3.05, 3.63) is 44.4 Å². The summed E-state index contributed by atoms with van der Waals surface area (Å²) in [5.74, 6) is -0.568. The molecule has 0 bridgehead atoms. The highest BCUT2D eigenvalue weighted by Crippen LogP contribution is 2.30. The maximum atomic E-state index is 12.0. The molecule has 24 heavy (non-hydrogen) atoms. The number of hydrogen-bond donors (Lipinski definition) is 2. The SMILES string of the molecule is O=C(NO)c1sc(N2CCOCC2)nc1Cc1ccc(Cl)c(Cl)c1. The number of anilines is 1. The topological polar surface area (TPSA) is 74.7 Å². The molecular formula is C15H15Cl2N3O3S. The number of nitrogens with one attached hydrogen (secondary N) is 1. The van der Waals surface area contributed by atoms with E-state index in [0.29, 0.717) is 40.3 Å². The zero-order valence-electron chi connectivity index (χ0n) is 12.6. The van der Waals surface area contributed by atoms with Crippen molar-refractivity contribution in [2.45, 2.75) is 6.42 Å². The lowest BCUT2D eigenvalue weighted by Crippen LogP contribution is -2.36. The van der Waals surface area contributed by atoms with Crippen molar-refractivity contribution >= 4 is 45.6 Å². The second kappa shape index (κ2) is 7.67. The Balaban J connectivity index is 1.90. The van der Waals surface area contributed by atoms with Gasteiger partial charge in [0.05, 0.1) is 29.0 Å². The van der Waals surface area contributed by atoms with Gasteiger partial charge < -0.3 is 9.64 Å². The molecule has 1 saturated heterocycles. The third-order valence-corrected chi connectivity index (χ3v) is 5.53. The van der Waals surface area contributed by atoms with Gasteiger partial charge in [0.25, 0.3) is 5.91 Å². The molecule has 1 aliphatic rings. The lowest BCUT2D eigenvalue weighted by Gasteiger charge is -2.26. The molecule has 2 aromatic rings. The van der Waals surface area contributed by atoms with Gasteiger partial charge in [0.15, 0.2) is 5.13 Å². The fourth-order valence-electron chi connectivity index (χ4n) is 2.42. The quantitative estimate of drug-likeness (QED) is 0.622. The van der Waals surface area contributed by atoms with Crippen LogP contribution in [0.1, 0.15) is 20.9 Å². The lowest BCUT2D eigenvalue weighted by molar-refractivity contribution is 0.0710. The van der Waals surface area contributed by atoms with Crippen molar-refractivity contribution < 1.29 is 14.7 Å². The Labute approximate surface area is 152 Å². The van der Waals surface area contributed by atoms with E-state index in [0.717, 1.165) is 23.8 Å². The van der Waals surface area contributed by atoms with Gasteiger partial charge in [-0.3, -0.25) is 10.0 Å². The van der Waals surface area contributed by atoms with Gasteiger partial charge in [-0.2, -0.15) is 0 Å². The number of amides is 1. The van der Waals surface area contributed by atoms with Crippen LogP contribution in [-0.2, 0) is 11.2 Å². The molecule has 1 aliphatic heterocycles. The molecule has 0 radical (unpaired) electrons. The van der Waals surface area contributed by atoms with E-state index in [4.69, 9.17) is 33.1 Å². The smallest absolute Gasteiger partial charge is 0.286 e. The highest BCUT2D eigenvalue weighted by atomic mass is 35.5. The molecule has 0 aliphatic carbocycles. The number of ether oxygens (including phenoxy) is 1. The van der Waals surface area contributed by atoms with Crippen molar-refractivity contribution in [1.29, 1.82) is 0 Å². The first-order chi connectivity index (χ1) is 11.6. The molecular weight excluding hydrogens is 373 g/mol. The molecule has 0 unspecified atom stereocenters. The Morgan fingerprint density at radius 2 is 2.08 bits per heavy atom. The normalized spacial score (nSPS) is 14.7. The number of carbonyl (C=O) groups is 1. The first-order valence-electron chi connectivity index (χ1n) is 7.29. The van der Waals surface area contributed by atoms with Gasteiger partial charge in [-0.15, -0.1) is 0 Å². The van der Waals surface area contributed by atoms with Crippen molar-refractivity contribution in [3.8, 4) is 0 Å². The van der Waals surface area contributed by atoms with E-state index in [1.807, 2.05) is 6.07 Å². The van der Waals surface area contributed by atoms with Crippen LogP contribution in [0.2, 0.25) is 10.0 Å². The molecule has 128 valence electrons. The van der Waals surface area contributed by atoms with Crippen molar-refractivity contribution in [1.82, 2.24) is 10.5 Å². The molecule has 6 nitrogen and oxygen atoms in total. The van der Waals surface area contributed by atoms with E-state index in [1.165, 1.54) is 11.3 Å². The van der Waals surface area contributed by atoms with Crippen LogP contribution in [0.25, 0.3) is 0 Å². The summed E-state index contributed by atoms with van der Waals surface area (Å²) in [6, 6.07) is 5.29. The third kappa shape index (κ3) is 3.81. The van der Waals surface area contributed by atoms with Gasteiger partial charge in [-0.25, -0.2) is 10.5 Å². The number of aromatic nitrogens is 1. The minimum atomic E-state index is -0.568. The maximum Gasteiger partial charge on any atom is 0.286 e. The predicted octanol–water partition coefficient (Wildman–Crippen LogP) is 3.00. The van der Waals surface area contributed by atoms with E-state index < -0.39 is 5.91 Å². The van der Waals surface area contributed by atoms with Crippen LogP contribution in [0.4, 0.5) is 5.13 Å². The second-order valence-electron chi connectivity index (χ2n) is 5.24. The number of carbonyl (C=O) groups excluding carboxylic acids is 1. The summed E-state index contributed by atoms with van der Waals surface area (Å²) in [5.41, 5.74) is 3.16. The molecule has 1 aromatic heterocycles. The van der Waals surface area contributed by atoms with E-state index in [9.17, 15) is 4.79 Å². The first-order valence-corrected chi connectivity index (χ1v) is 8.86. The highest BCUT2D eigenvalue weighted by molar-refractivity contribution is 7.17. The Morgan fingerprint density at radius 1 is 1.33 bits per heavy atom. The summed E-state index contributed by atoms with van der Waals surface area (Å²) in [6.07, 6.45) is 0.417. The monoisotopic (exact) mass is 387 g/mol. The number of morpholine rings is 1. The van der Waals surface area contributed by atoms with Crippen molar-refractivity contribution in [3.63, 3.8) is 0 Å². The molecule has 1 fully saturated rings. The lowest BCUT2D eigenvalue weighted by atomic mass is 10.1. The van der Waals surface area contributed by atoms with Gasteiger partial charge in [-0.1, -0.05) is 40.6 Å². The Kier molecular flexibility index (Phi) is 5.57. The number of rotatable bonds is 4. The number of hydrogen-bond acceptors (Lipinski definition) is 6. The molecule has 2 heterocycles. The number of nitrogens with zero attached hydrogens (tertiary/aromatic N) is 2. The van der Waals surface area contributed by atoms with Crippen LogP contribution in [0.15, 0.2) is 18.2 Å². The number of thiazole rings is 1. The molecule has 0 saturated carbocycles. The van der Waals surface area contributed by atoms with Gasteiger partial charge >= 0.3 is 0 Å². The van der Waals surface area contributed by atoms with Gasteiger partial charge in [0.2, 0.25) is 0 Å². The minimum absolute atomic E-state index is 0.380. The van der Waals surface area contributed by atoms with Crippen LogP contribution < -0.4 is 10.4 Å². The van der Waals surface area contributed by atoms with Crippen LogP contribution in [0.5, 0.6) is 0 Å². The first kappa shape index (κ1) is 17.4. The average molecular weight is 388 g/mol. The fourth-order valence-corrected chi connectivity index (χ4v) is 3.76. The van der Waals surface area contributed by atoms with Gasteiger partial charge in [0.1, 0.15) is 4.88 Å². The molecule has 1 aromatic carbocycles. The van der Waals surface area contributed by atoms with Crippen LogP contribution in [0.3, 0.4) is 0 Å². The standard InChI is InChI=1S/C15H15Cl2N3O3S/c16-10-2-1-9(7-11(10)17)8-12-13(14(21)19-22)24-15(18-12)20-3-5-23-6-4-20/h1-2,7,22H,3-6,8H2,(H,19,21). The van der Waals surface area contributed by atoms with E-state index in [1.54, 1.807) is 17.6 Å². The molecule has 0 spiro atoms. The average Bonchev–Trinajstić information content (AvgIpc) is 3.02. The van der Waals surface area contributed by atoms with Gasteiger partial charge in [0, 0.05) is 19.5 Å². The van der Waals surface area contributed by atoms with Crippen LogP contribution in [0, 0.1) is 0 Å². The van der Waals surface area contributed by atoms with Crippen molar-refractivity contribution in [2.75, 3.05) is 31.2 Å². The summed E-state index contributed by atoms with van der Waals surface area (Å²) in [6.45, 7) is 2.70. The molecule has 1 amide bonds. The van der Waals surface area contributed by atoms with E-state index >= 15 is 0 Å². The van der Waals surface area contributed by atoms with E-state index in [2.05, 4.69) is 9.88 Å². The van der Waals surface area contributed by atoms with Crippen molar-refractivity contribution in [2.24, 2.45) is 0 Å². The van der Waals surface area contributed by atoms with Crippen LogP contribution >= 0.6 is 34.5 Å². The Morgan fingerprint density at radius 3 is 2.75 bits per heavy atom. The summed E-state index contributed by atoms with van der Waals surface area (Å²) in [4.78, 5) is 19.0. The molecule has 0 atom stereocenters. The summed E-state index contributed by atoms with van der Waals surface area (Å²) < 4.78 is 5.34. The van der Waals surface area contributed by atoms with Crippen LogP contribution in [-0.4, -0.2) is 42.4 Å². The summed E-state index contributed by atoms with van der Waals surface area (Å²) in [7, 11) is 0. The number of benzene rings is 1. The van der Waals surface area contributed by atoms with E-state index in [-0.39, 0.29) is 0 Å².